The molecule has 2 heterocycles. The van der Waals surface area contributed by atoms with Crippen molar-refractivity contribution < 1.29 is 14.3 Å². The molecule has 78 valence electrons. The van der Waals surface area contributed by atoms with E-state index in [0.29, 0.717) is 22.5 Å². The number of anilines is 1. The van der Waals surface area contributed by atoms with E-state index in [1.807, 2.05) is 0 Å². The van der Waals surface area contributed by atoms with Crippen molar-refractivity contribution in [1.82, 2.24) is 10.3 Å². The van der Waals surface area contributed by atoms with E-state index in [1.165, 1.54) is 6.20 Å². The molecule has 0 aliphatic heterocycles. The number of hydrogen-bond donors (Lipinski definition) is 3. The Morgan fingerprint density at radius 2 is 2.47 bits per heavy atom. The zero-order valence-electron chi connectivity index (χ0n) is 7.73. The maximum absolute atomic E-state index is 10.3. The summed E-state index contributed by atoms with van der Waals surface area (Å²) in [6.45, 7) is 0.115. The van der Waals surface area contributed by atoms with Gasteiger partial charge < -0.3 is 20.6 Å². The van der Waals surface area contributed by atoms with Crippen LogP contribution in [0.15, 0.2) is 22.7 Å². The van der Waals surface area contributed by atoms with Crippen LogP contribution in [0.2, 0.25) is 0 Å². The largest absolute Gasteiger partial charge is 0.465 e. The Kier molecular flexibility index (Phi) is 2.17. The molecule has 0 aliphatic carbocycles. The lowest BCUT2D eigenvalue weighted by molar-refractivity contribution is 0.193. The quantitative estimate of drug-likeness (QED) is 0.686. The monoisotopic (exact) mass is 207 g/mol. The molecule has 2 aromatic heterocycles. The molecule has 4 N–H and O–H groups in total. The Hall–Kier alpha value is -2.24. The van der Waals surface area contributed by atoms with Crippen LogP contribution >= 0.6 is 0 Å². The van der Waals surface area contributed by atoms with Crippen molar-refractivity contribution in [2.45, 2.75) is 6.54 Å². The summed E-state index contributed by atoms with van der Waals surface area (Å²) in [4.78, 5) is 14.2. The smallest absolute Gasteiger partial charge is 0.405 e. The molecule has 1 amide bonds. The van der Waals surface area contributed by atoms with E-state index in [4.69, 9.17) is 15.3 Å². The van der Waals surface area contributed by atoms with Crippen molar-refractivity contribution in [1.29, 1.82) is 0 Å². The summed E-state index contributed by atoms with van der Waals surface area (Å²) < 4.78 is 5.35. The first-order valence-electron chi connectivity index (χ1n) is 4.26. The minimum Gasteiger partial charge on any atom is -0.465 e. The van der Waals surface area contributed by atoms with E-state index < -0.39 is 6.09 Å². The van der Waals surface area contributed by atoms with E-state index >= 15 is 0 Å². The van der Waals surface area contributed by atoms with Crippen LogP contribution in [0, 0.1) is 0 Å². The second-order valence-electron chi connectivity index (χ2n) is 2.98. The summed E-state index contributed by atoms with van der Waals surface area (Å²) in [7, 11) is 0. The van der Waals surface area contributed by atoms with Gasteiger partial charge in [0.2, 0.25) is 0 Å². The molecular weight excluding hydrogens is 198 g/mol. The number of fused-ring (bicyclic) bond motifs is 1. The summed E-state index contributed by atoms with van der Waals surface area (Å²) >= 11 is 0. The zero-order chi connectivity index (χ0) is 10.8. The first kappa shape index (κ1) is 9.32. The fourth-order valence-corrected chi connectivity index (χ4v) is 1.29. The van der Waals surface area contributed by atoms with Crippen molar-refractivity contribution >= 4 is 22.9 Å². The first-order valence-corrected chi connectivity index (χ1v) is 4.26. The molecule has 0 fully saturated rings. The second kappa shape index (κ2) is 3.49. The van der Waals surface area contributed by atoms with Gasteiger partial charge in [0.15, 0.2) is 0 Å². The Morgan fingerprint density at radius 1 is 1.67 bits per heavy atom. The third-order valence-electron chi connectivity index (χ3n) is 1.94. The predicted octanol–water partition coefficient (Wildman–Crippen LogP) is 1.18. The van der Waals surface area contributed by atoms with Crippen LogP contribution in [-0.2, 0) is 6.54 Å². The highest BCUT2D eigenvalue weighted by atomic mass is 16.4. The van der Waals surface area contributed by atoms with Gasteiger partial charge in [-0.05, 0) is 12.1 Å². The summed E-state index contributed by atoms with van der Waals surface area (Å²) in [5.74, 6) is 0.880. The molecule has 15 heavy (non-hydrogen) atoms. The van der Waals surface area contributed by atoms with Crippen LogP contribution in [0.4, 0.5) is 10.6 Å². The fraction of sp³-hybridized carbons (Fsp3) is 0.111. The SMILES string of the molecule is Nc1nccc2oc(CNC(=O)O)cc12. The second-order valence-corrected chi connectivity index (χ2v) is 2.98. The predicted molar refractivity (Wildman–Crippen MR) is 53.3 cm³/mol. The molecule has 0 saturated carbocycles. The Labute approximate surface area is 84.7 Å². The van der Waals surface area contributed by atoms with Gasteiger partial charge in [0.25, 0.3) is 0 Å². The highest BCUT2D eigenvalue weighted by Crippen LogP contribution is 2.22. The van der Waals surface area contributed by atoms with Gasteiger partial charge in [-0.25, -0.2) is 9.78 Å². The van der Waals surface area contributed by atoms with Crippen LogP contribution in [0.3, 0.4) is 0 Å². The van der Waals surface area contributed by atoms with E-state index in [-0.39, 0.29) is 6.54 Å². The molecule has 0 bridgehead atoms. The number of aromatic nitrogens is 1. The van der Waals surface area contributed by atoms with E-state index in [0.717, 1.165) is 0 Å². The first-order chi connectivity index (χ1) is 7.16. The van der Waals surface area contributed by atoms with Gasteiger partial charge in [0.1, 0.15) is 17.2 Å². The lowest BCUT2D eigenvalue weighted by Crippen LogP contribution is -2.19. The number of pyridine rings is 1. The highest BCUT2D eigenvalue weighted by Gasteiger charge is 2.07. The number of nitrogens with one attached hydrogen (secondary N) is 1. The molecule has 0 radical (unpaired) electrons. The topological polar surface area (TPSA) is 101 Å². The number of nitrogen functional groups attached to an aromatic ring is 1. The summed E-state index contributed by atoms with van der Waals surface area (Å²) in [6.07, 6.45) is 0.441. The van der Waals surface area contributed by atoms with Crippen LogP contribution in [0.1, 0.15) is 5.76 Å². The van der Waals surface area contributed by atoms with Crippen LogP contribution in [0.25, 0.3) is 11.0 Å². The molecule has 0 unspecified atom stereocenters. The minimum atomic E-state index is -1.10. The third-order valence-corrected chi connectivity index (χ3v) is 1.94. The molecule has 0 aromatic carbocycles. The van der Waals surface area contributed by atoms with Gasteiger partial charge in [0, 0.05) is 6.20 Å². The standard InChI is InChI=1S/C9H9N3O3/c10-8-6-3-5(4-12-9(13)14)15-7(6)1-2-11-8/h1-3,12H,4H2,(H2,10,11)(H,13,14). The Morgan fingerprint density at radius 3 is 3.13 bits per heavy atom. The molecule has 2 aromatic rings. The van der Waals surface area contributed by atoms with Crippen molar-refractivity contribution in [2.75, 3.05) is 5.73 Å². The maximum atomic E-state index is 10.3. The van der Waals surface area contributed by atoms with Crippen molar-refractivity contribution in [3.8, 4) is 0 Å². The average Bonchev–Trinajstić information content (AvgIpc) is 2.59. The number of furan rings is 1. The van der Waals surface area contributed by atoms with Gasteiger partial charge >= 0.3 is 6.09 Å². The van der Waals surface area contributed by atoms with Gasteiger partial charge in [-0.15, -0.1) is 0 Å². The summed E-state index contributed by atoms with van der Waals surface area (Å²) in [5, 5.41) is 11.3. The number of amides is 1. The molecular formula is C9H9N3O3. The van der Waals surface area contributed by atoms with Crippen LogP contribution in [0.5, 0.6) is 0 Å². The van der Waals surface area contributed by atoms with E-state index in [9.17, 15) is 4.79 Å². The fourth-order valence-electron chi connectivity index (χ4n) is 1.29. The lowest BCUT2D eigenvalue weighted by atomic mass is 10.3. The number of rotatable bonds is 2. The van der Waals surface area contributed by atoms with E-state index in [1.54, 1.807) is 12.1 Å². The molecule has 6 nitrogen and oxygen atoms in total. The van der Waals surface area contributed by atoms with Crippen LogP contribution < -0.4 is 11.1 Å². The molecule has 0 atom stereocenters. The van der Waals surface area contributed by atoms with Crippen molar-refractivity contribution in [2.24, 2.45) is 0 Å². The number of hydrogen-bond acceptors (Lipinski definition) is 4. The van der Waals surface area contributed by atoms with Gasteiger partial charge in [-0.1, -0.05) is 0 Å². The van der Waals surface area contributed by atoms with Gasteiger partial charge in [-0.2, -0.15) is 0 Å². The number of carboxylic acid groups (broad SMARTS) is 1. The maximum Gasteiger partial charge on any atom is 0.405 e. The number of nitrogens with zero attached hydrogens (tertiary/aromatic N) is 1. The number of carbonyl (C=O) groups is 1. The zero-order valence-corrected chi connectivity index (χ0v) is 7.73. The molecule has 0 saturated heterocycles. The highest BCUT2D eigenvalue weighted by molar-refractivity contribution is 5.87. The Balaban J connectivity index is 2.31. The molecule has 0 aliphatic rings. The summed E-state index contributed by atoms with van der Waals surface area (Å²) in [6, 6.07) is 3.35. The third kappa shape index (κ3) is 1.83. The molecule has 6 heteroatoms. The van der Waals surface area contributed by atoms with Crippen LogP contribution in [-0.4, -0.2) is 16.2 Å². The van der Waals surface area contributed by atoms with E-state index in [2.05, 4.69) is 10.3 Å². The van der Waals surface area contributed by atoms with Gasteiger partial charge in [0.05, 0.1) is 11.9 Å². The van der Waals surface area contributed by atoms with Crippen molar-refractivity contribution in [3.05, 3.63) is 24.1 Å². The number of nitrogens with two attached hydrogens (primary N) is 1. The Bertz CT molecular complexity index is 506. The van der Waals surface area contributed by atoms with Crippen molar-refractivity contribution in [3.63, 3.8) is 0 Å². The molecule has 0 spiro atoms. The van der Waals surface area contributed by atoms with Gasteiger partial charge in [-0.3, -0.25) is 0 Å². The molecule has 2 rings (SSSR count). The normalized spacial score (nSPS) is 10.4. The lowest BCUT2D eigenvalue weighted by Gasteiger charge is -1.94. The summed E-state index contributed by atoms with van der Waals surface area (Å²) in [5.41, 5.74) is 6.22. The minimum absolute atomic E-state index is 0.115. The average molecular weight is 207 g/mol.